The number of anilines is 2. The van der Waals surface area contributed by atoms with Crippen LogP contribution in [0.3, 0.4) is 0 Å². The number of unbranched alkanes of at least 4 members (excludes halogenated alkanes) is 1. The highest BCUT2D eigenvalue weighted by atomic mass is 35.5. The lowest BCUT2D eigenvalue weighted by Crippen LogP contribution is -2.12. The Bertz CT molecular complexity index is 1360. The summed E-state index contributed by atoms with van der Waals surface area (Å²) in [5.74, 6) is 1.25. The second-order valence-corrected chi connectivity index (χ2v) is 8.24. The molecule has 2 aromatic carbocycles. The van der Waals surface area contributed by atoms with E-state index < -0.39 is 0 Å². The van der Waals surface area contributed by atoms with Crippen molar-refractivity contribution in [3.05, 3.63) is 68.9 Å². The Morgan fingerprint density at radius 3 is 2.56 bits per heavy atom. The summed E-state index contributed by atoms with van der Waals surface area (Å²) in [6, 6.07) is 14.0. The van der Waals surface area contributed by atoms with Gasteiger partial charge in [0.05, 0.1) is 34.7 Å². The summed E-state index contributed by atoms with van der Waals surface area (Å²) in [5, 5.41) is 4.38. The van der Waals surface area contributed by atoms with Gasteiger partial charge in [-0.05, 0) is 49.7 Å². The zero-order chi connectivity index (χ0) is 24.1. The van der Waals surface area contributed by atoms with Crippen molar-refractivity contribution in [2.24, 2.45) is 5.73 Å². The molecule has 0 aliphatic rings. The highest BCUT2D eigenvalue weighted by Gasteiger charge is 2.17. The molecule has 2 aromatic heterocycles. The molecule has 0 bridgehead atoms. The average Bonchev–Trinajstić information content (AvgIpc) is 2.82. The first-order chi connectivity index (χ1) is 16.5. The van der Waals surface area contributed by atoms with Crippen LogP contribution in [0.2, 0.25) is 10.0 Å². The van der Waals surface area contributed by atoms with Gasteiger partial charge < -0.3 is 25.5 Å². The average molecular weight is 500 g/mol. The fourth-order valence-corrected chi connectivity index (χ4v) is 4.01. The minimum Gasteiger partial charge on any atom is -0.497 e. The third-order valence-electron chi connectivity index (χ3n) is 5.07. The number of fused-ring (bicyclic) bond motifs is 1. The molecule has 176 valence electrons. The Kier molecular flexibility index (Phi) is 7.52. The van der Waals surface area contributed by atoms with Crippen LogP contribution in [-0.4, -0.2) is 35.2 Å². The molecule has 8 nitrogen and oxygen atoms in total. The molecule has 0 aliphatic heterocycles. The van der Waals surface area contributed by atoms with E-state index in [2.05, 4.69) is 20.3 Å². The molecule has 0 amide bonds. The number of rotatable bonds is 9. The van der Waals surface area contributed by atoms with Crippen LogP contribution >= 0.6 is 23.2 Å². The van der Waals surface area contributed by atoms with E-state index in [0.717, 1.165) is 18.5 Å². The summed E-state index contributed by atoms with van der Waals surface area (Å²) < 4.78 is 11.2. The van der Waals surface area contributed by atoms with E-state index >= 15 is 0 Å². The van der Waals surface area contributed by atoms with Crippen LogP contribution < -0.4 is 26.1 Å². The maximum atomic E-state index is 13.0. The van der Waals surface area contributed by atoms with Crippen LogP contribution in [0.1, 0.15) is 12.8 Å². The number of halogens is 2. The summed E-state index contributed by atoms with van der Waals surface area (Å²) in [7, 11) is 1.59. The van der Waals surface area contributed by atoms with E-state index in [0.29, 0.717) is 57.0 Å². The van der Waals surface area contributed by atoms with Crippen molar-refractivity contribution < 1.29 is 9.47 Å². The fourth-order valence-electron chi connectivity index (χ4n) is 3.41. The summed E-state index contributed by atoms with van der Waals surface area (Å²) in [6.07, 6.45) is 1.57. The van der Waals surface area contributed by atoms with Crippen LogP contribution in [0.4, 0.5) is 11.6 Å². The predicted octanol–water partition coefficient (Wildman–Crippen LogP) is 5.16. The predicted molar refractivity (Wildman–Crippen MR) is 136 cm³/mol. The molecule has 0 radical (unpaired) electrons. The van der Waals surface area contributed by atoms with Gasteiger partial charge in [0.2, 0.25) is 11.8 Å². The van der Waals surface area contributed by atoms with Crippen LogP contribution in [0, 0.1) is 0 Å². The molecule has 0 spiro atoms. The molecule has 34 heavy (non-hydrogen) atoms. The number of H-pyrrole nitrogens is 1. The number of hydrogen-bond acceptors (Lipinski definition) is 7. The lowest BCUT2D eigenvalue weighted by molar-refractivity contribution is 0.300. The lowest BCUT2D eigenvalue weighted by atomic mass is 10.1. The Balaban J connectivity index is 1.81. The molecule has 0 saturated heterocycles. The van der Waals surface area contributed by atoms with Crippen LogP contribution in [0.25, 0.3) is 22.2 Å². The van der Waals surface area contributed by atoms with Gasteiger partial charge in [0, 0.05) is 17.3 Å². The molecule has 4 rings (SSSR count). The Morgan fingerprint density at radius 1 is 1.06 bits per heavy atom. The van der Waals surface area contributed by atoms with Crippen molar-refractivity contribution >= 4 is 45.9 Å². The highest BCUT2D eigenvalue weighted by Crippen LogP contribution is 2.35. The third-order valence-corrected chi connectivity index (χ3v) is 5.70. The minimum atomic E-state index is -0.386. The molecule has 0 atom stereocenters. The number of nitrogens with two attached hydrogens (primary N) is 1. The number of ether oxygens (including phenoxy) is 2. The zero-order valence-corrected chi connectivity index (χ0v) is 19.9. The van der Waals surface area contributed by atoms with Gasteiger partial charge in [-0.1, -0.05) is 35.3 Å². The third kappa shape index (κ3) is 5.25. The summed E-state index contributed by atoms with van der Waals surface area (Å²) in [5.41, 5.74) is 6.97. The van der Waals surface area contributed by atoms with E-state index in [4.69, 9.17) is 38.4 Å². The minimum absolute atomic E-state index is 0.258. The highest BCUT2D eigenvalue weighted by molar-refractivity contribution is 6.39. The molecule has 0 fully saturated rings. The monoisotopic (exact) mass is 499 g/mol. The first kappa shape index (κ1) is 23.8. The lowest BCUT2D eigenvalue weighted by Gasteiger charge is -2.13. The van der Waals surface area contributed by atoms with Crippen molar-refractivity contribution in [2.45, 2.75) is 12.8 Å². The maximum Gasteiger partial charge on any atom is 0.257 e. The van der Waals surface area contributed by atoms with E-state index in [-0.39, 0.29) is 11.5 Å². The van der Waals surface area contributed by atoms with Crippen molar-refractivity contribution in [2.75, 3.05) is 25.6 Å². The number of hydrogen-bond donors (Lipinski definition) is 3. The normalized spacial score (nSPS) is 10.9. The van der Waals surface area contributed by atoms with E-state index in [1.807, 2.05) is 18.2 Å². The molecular formula is C24H23Cl2N5O3. The van der Waals surface area contributed by atoms with Crippen molar-refractivity contribution in [1.29, 1.82) is 0 Å². The van der Waals surface area contributed by atoms with E-state index in [1.54, 1.807) is 37.4 Å². The number of methoxy groups -OCH3 is 1. The molecule has 0 unspecified atom stereocenters. The van der Waals surface area contributed by atoms with Crippen LogP contribution in [-0.2, 0) is 0 Å². The smallest absolute Gasteiger partial charge is 0.257 e. The summed E-state index contributed by atoms with van der Waals surface area (Å²) >= 11 is 12.7. The topological polar surface area (TPSA) is 115 Å². The second-order valence-electron chi connectivity index (χ2n) is 7.42. The first-order valence-electron chi connectivity index (χ1n) is 10.6. The maximum absolute atomic E-state index is 13.0. The number of aromatic amines is 1. The van der Waals surface area contributed by atoms with Gasteiger partial charge in [0.15, 0.2) is 0 Å². The van der Waals surface area contributed by atoms with Crippen LogP contribution in [0.15, 0.2) is 53.3 Å². The number of nitrogens with zero attached hydrogens (tertiary/aromatic N) is 2. The van der Waals surface area contributed by atoms with Gasteiger partial charge in [-0.3, -0.25) is 4.79 Å². The van der Waals surface area contributed by atoms with Gasteiger partial charge >= 0.3 is 0 Å². The van der Waals surface area contributed by atoms with Crippen molar-refractivity contribution in [1.82, 2.24) is 15.0 Å². The number of nitrogens with one attached hydrogen (secondary N) is 2. The van der Waals surface area contributed by atoms with Crippen molar-refractivity contribution in [3.8, 4) is 22.8 Å². The summed E-state index contributed by atoms with van der Waals surface area (Å²) in [6.45, 7) is 0.974. The second kappa shape index (κ2) is 10.7. The quantitative estimate of drug-likeness (QED) is 0.272. The first-order valence-corrected chi connectivity index (χ1v) is 11.4. The van der Waals surface area contributed by atoms with E-state index in [9.17, 15) is 4.79 Å². The molecule has 10 heteroatoms. The molecule has 2 heterocycles. The van der Waals surface area contributed by atoms with E-state index in [1.165, 1.54) is 0 Å². The standard InChI is InChI=1S/C24H23Cl2N5O3/c1-33-15-7-4-6-14(12-15)28-24-30-21-17(23(31-24)34-11-3-2-10-27)13-16(22(32)29-21)20-18(25)8-5-9-19(20)26/h4-9,12-13H,2-3,10-11,27H2,1H3,(H2,28,29,30,31,32). The van der Waals surface area contributed by atoms with Crippen LogP contribution in [0.5, 0.6) is 11.6 Å². The number of benzene rings is 2. The van der Waals surface area contributed by atoms with Gasteiger partial charge in [0.25, 0.3) is 5.56 Å². The largest absolute Gasteiger partial charge is 0.497 e. The van der Waals surface area contributed by atoms with Gasteiger partial charge in [-0.15, -0.1) is 0 Å². The van der Waals surface area contributed by atoms with Gasteiger partial charge in [-0.25, -0.2) is 0 Å². The zero-order valence-electron chi connectivity index (χ0n) is 18.4. The Labute approximate surface area is 206 Å². The SMILES string of the molecule is COc1cccc(Nc2nc(OCCCCN)c3cc(-c4c(Cl)cccc4Cl)c(=O)[nH]c3n2)c1. The van der Waals surface area contributed by atoms with Gasteiger partial charge in [-0.2, -0.15) is 9.97 Å². The molecule has 4 aromatic rings. The Hall–Kier alpha value is -3.33. The molecule has 0 saturated carbocycles. The molecular weight excluding hydrogens is 477 g/mol. The van der Waals surface area contributed by atoms with Crippen molar-refractivity contribution in [3.63, 3.8) is 0 Å². The molecule has 4 N–H and O–H groups in total. The number of aromatic nitrogens is 3. The Morgan fingerprint density at radius 2 is 1.82 bits per heavy atom. The summed E-state index contributed by atoms with van der Waals surface area (Å²) in [4.78, 5) is 24.8. The fraction of sp³-hybridized carbons (Fsp3) is 0.208. The molecule has 0 aliphatic carbocycles. The number of pyridine rings is 1. The van der Waals surface area contributed by atoms with Gasteiger partial charge in [0.1, 0.15) is 11.4 Å².